The minimum absolute atomic E-state index is 0.698. The average Bonchev–Trinajstić information content (AvgIpc) is 2.23. The Labute approximate surface area is 102 Å². The second kappa shape index (κ2) is 11.4. The zero-order valence-electron chi connectivity index (χ0n) is 11.7. The first-order chi connectivity index (χ1) is 7.70. The Hall–Kier alpha value is -0.0800. The van der Waals surface area contributed by atoms with Gasteiger partial charge in [-0.25, -0.2) is 0 Å². The van der Waals surface area contributed by atoms with Crippen LogP contribution in [0.1, 0.15) is 59.8 Å². The van der Waals surface area contributed by atoms with Crippen LogP contribution in [-0.4, -0.2) is 25.8 Å². The first-order valence-corrected chi connectivity index (χ1v) is 7.01. The highest BCUT2D eigenvalue weighted by Gasteiger charge is 2.07. The Bertz CT molecular complexity index is 137. The molecule has 0 saturated heterocycles. The highest BCUT2D eigenvalue weighted by Crippen LogP contribution is 2.11. The van der Waals surface area contributed by atoms with E-state index in [0.29, 0.717) is 6.04 Å². The van der Waals surface area contributed by atoms with Crippen molar-refractivity contribution < 1.29 is 4.74 Å². The second-order valence-corrected chi connectivity index (χ2v) is 4.92. The van der Waals surface area contributed by atoms with Gasteiger partial charge in [-0.3, -0.25) is 0 Å². The van der Waals surface area contributed by atoms with Crippen molar-refractivity contribution >= 4 is 0 Å². The minimum Gasteiger partial charge on any atom is -0.382 e. The summed E-state index contributed by atoms with van der Waals surface area (Å²) in [4.78, 5) is 0. The van der Waals surface area contributed by atoms with Crippen LogP contribution in [0.2, 0.25) is 0 Å². The molecule has 0 saturated carbocycles. The van der Waals surface area contributed by atoms with Crippen LogP contribution in [0, 0.1) is 5.92 Å². The Balaban J connectivity index is 3.53. The number of rotatable bonds is 11. The molecule has 0 fully saturated rings. The Morgan fingerprint density at radius 2 is 1.69 bits per heavy atom. The SMILES string of the molecule is CCNC(CCCOCC)CCCC(C)C. The van der Waals surface area contributed by atoms with Gasteiger partial charge in [0.1, 0.15) is 0 Å². The smallest absolute Gasteiger partial charge is 0.0466 e. The molecule has 0 aromatic carbocycles. The van der Waals surface area contributed by atoms with Crippen LogP contribution < -0.4 is 5.32 Å². The quantitative estimate of drug-likeness (QED) is 0.547. The summed E-state index contributed by atoms with van der Waals surface area (Å²) in [7, 11) is 0. The molecule has 2 nitrogen and oxygen atoms in total. The predicted molar refractivity (Wildman–Crippen MR) is 71.9 cm³/mol. The van der Waals surface area contributed by atoms with Gasteiger partial charge in [0.15, 0.2) is 0 Å². The zero-order chi connectivity index (χ0) is 12.2. The van der Waals surface area contributed by atoms with Crippen molar-refractivity contribution in [3.8, 4) is 0 Å². The molecule has 0 bridgehead atoms. The maximum Gasteiger partial charge on any atom is 0.0466 e. The predicted octanol–water partition coefficient (Wildman–Crippen LogP) is 3.61. The molecule has 0 aromatic rings. The molecule has 0 amide bonds. The Kier molecular flexibility index (Phi) is 11.3. The molecule has 0 aliphatic carbocycles. The van der Waals surface area contributed by atoms with Gasteiger partial charge in [-0.05, 0) is 38.6 Å². The fraction of sp³-hybridized carbons (Fsp3) is 1.00. The summed E-state index contributed by atoms with van der Waals surface area (Å²) < 4.78 is 5.38. The van der Waals surface area contributed by atoms with Gasteiger partial charge in [-0.2, -0.15) is 0 Å². The third-order valence-electron chi connectivity index (χ3n) is 2.87. The third-order valence-corrected chi connectivity index (χ3v) is 2.87. The van der Waals surface area contributed by atoms with Crippen LogP contribution in [-0.2, 0) is 4.74 Å². The molecule has 0 spiro atoms. The monoisotopic (exact) mass is 229 g/mol. The van der Waals surface area contributed by atoms with Crippen molar-refractivity contribution in [1.82, 2.24) is 5.32 Å². The Morgan fingerprint density at radius 1 is 1.00 bits per heavy atom. The largest absolute Gasteiger partial charge is 0.382 e. The summed E-state index contributed by atoms with van der Waals surface area (Å²) >= 11 is 0. The fourth-order valence-corrected chi connectivity index (χ4v) is 1.99. The van der Waals surface area contributed by atoms with E-state index >= 15 is 0 Å². The van der Waals surface area contributed by atoms with Crippen LogP contribution in [0.25, 0.3) is 0 Å². The topological polar surface area (TPSA) is 21.3 Å². The molecule has 2 heteroatoms. The zero-order valence-corrected chi connectivity index (χ0v) is 11.7. The van der Waals surface area contributed by atoms with E-state index < -0.39 is 0 Å². The summed E-state index contributed by atoms with van der Waals surface area (Å²) in [5.41, 5.74) is 0. The average molecular weight is 229 g/mol. The first-order valence-electron chi connectivity index (χ1n) is 7.01. The molecular formula is C14H31NO. The molecule has 0 aromatic heterocycles. The van der Waals surface area contributed by atoms with E-state index in [9.17, 15) is 0 Å². The van der Waals surface area contributed by atoms with Gasteiger partial charge in [-0.15, -0.1) is 0 Å². The number of hydrogen-bond donors (Lipinski definition) is 1. The Morgan fingerprint density at radius 3 is 2.25 bits per heavy atom. The van der Waals surface area contributed by atoms with Crippen molar-refractivity contribution in [2.45, 2.75) is 65.8 Å². The molecule has 1 atom stereocenters. The van der Waals surface area contributed by atoms with Gasteiger partial charge in [-0.1, -0.05) is 33.6 Å². The summed E-state index contributed by atoms with van der Waals surface area (Å²) in [6.07, 6.45) is 6.47. The van der Waals surface area contributed by atoms with Crippen molar-refractivity contribution in [1.29, 1.82) is 0 Å². The van der Waals surface area contributed by atoms with Gasteiger partial charge in [0.05, 0.1) is 0 Å². The van der Waals surface area contributed by atoms with Gasteiger partial charge < -0.3 is 10.1 Å². The van der Waals surface area contributed by atoms with E-state index in [1.54, 1.807) is 0 Å². The standard InChI is InChI=1S/C14H31NO/c1-5-15-14(10-7-9-13(3)4)11-8-12-16-6-2/h13-15H,5-12H2,1-4H3. The van der Waals surface area contributed by atoms with E-state index in [4.69, 9.17) is 4.74 Å². The van der Waals surface area contributed by atoms with Crippen LogP contribution in [0.3, 0.4) is 0 Å². The maximum atomic E-state index is 5.38. The summed E-state index contributed by atoms with van der Waals surface area (Å²) in [5.74, 6) is 0.839. The fourth-order valence-electron chi connectivity index (χ4n) is 1.99. The molecule has 0 rings (SSSR count). The molecule has 0 aliphatic rings. The third kappa shape index (κ3) is 10.4. The lowest BCUT2D eigenvalue weighted by Gasteiger charge is -2.18. The van der Waals surface area contributed by atoms with Gasteiger partial charge in [0, 0.05) is 19.3 Å². The summed E-state index contributed by atoms with van der Waals surface area (Å²) in [6.45, 7) is 11.7. The van der Waals surface area contributed by atoms with E-state index in [2.05, 4.69) is 33.0 Å². The molecule has 1 unspecified atom stereocenters. The normalized spacial score (nSPS) is 13.3. The lowest BCUT2D eigenvalue weighted by Crippen LogP contribution is -2.29. The second-order valence-electron chi connectivity index (χ2n) is 4.92. The molecule has 0 aliphatic heterocycles. The number of ether oxygens (including phenoxy) is 1. The lowest BCUT2D eigenvalue weighted by atomic mass is 10.0. The lowest BCUT2D eigenvalue weighted by molar-refractivity contribution is 0.140. The summed E-state index contributed by atoms with van der Waals surface area (Å²) in [5, 5.41) is 3.58. The van der Waals surface area contributed by atoms with E-state index in [0.717, 1.165) is 25.7 Å². The molecule has 0 heterocycles. The van der Waals surface area contributed by atoms with E-state index in [1.165, 1.54) is 32.1 Å². The van der Waals surface area contributed by atoms with Crippen molar-refractivity contribution in [2.75, 3.05) is 19.8 Å². The van der Waals surface area contributed by atoms with Crippen molar-refractivity contribution in [2.24, 2.45) is 5.92 Å². The number of hydrogen-bond acceptors (Lipinski definition) is 2. The van der Waals surface area contributed by atoms with Crippen LogP contribution in [0.5, 0.6) is 0 Å². The van der Waals surface area contributed by atoms with Crippen molar-refractivity contribution in [3.05, 3.63) is 0 Å². The van der Waals surface area contributed by atoms with Crippen LogP contribution in [0.15, 0.2) is 0 Å². The highest BCUT2D eigenvalue weighted by molar-refractivity contribution is 4.66. The maximum absolute atomic E-state index is 5.38. The minimum atomic E-state index is 0.698. The van der Waals surface area contributed by atoms with Crippen LogP contribution >= 0.6 is 0 Å². The van der Waals surface area contributed by atoms with E-state index in [-0.39, 0.29) is 0 Å². The van der Waals surface area contributed by atoms with Gasteiger partial charge in [0.25, 0.3) is 0 Å². The molecule has 98 valence electrons. The summed E-state index contributed by atoms with van der Waals surface area (Å²) in [6, 6.07) is 0.698. The molecule has 0 radical (unpaired) electrons. The van der Waals surface area contributed by atoms with Crippen molar-refractivity contribution in [3.63, 3.8) is 0 Å². The highest BCUT2D eigenvalue weighted by atomic mass is 16.5. The van der Waals surface area contributed by atoms with Crippen LogP contribution in [0.4, 0.5) is 0 Å². The van der Waals surface area contributed by atoms with Gasteiger partial charge in [0.2, 0.25) is 0 Å². The first kappa shape index (κ1) is 15.9. The molecule has 16 heavy (non-hydrogen) atoms. The number of nitrogens with one attached hydrogen (secondary N) is 1. The van der Waals surface area contributed by atoms with E-state index in [1.807, 2.05) is 0 Å². The molecule has 1 N–H and O–H groups in total. The van der Waals surface area contributed by atoms with Gasteiger partial charge >= 0.3 is 0 Å². The molecular weight excluding hydrogens is 198 g/mol.